The molecule has 27 heavy (non-hydrogen) atoms. The second-order valence-electron chi connectivity index (χ2n) is 6.01. The van der Waals surface area contributed by atoms with Crippen LogP contribution < -0.4 is 15.5 Å². The molecule has 0 aliphatic carbocycles. The minimum Gasteiger partial charge on any atom is -0.459 e. The number of carbonyl (C=O) groups is 2. The van der Waals surface area contributed by atoms with Crippen molar-refractivity contribution in [2.24, 2.45) is 0 Å². The number of alkyl halides is 3. The first kappa shape index (κ1) is 20.3. The smallest absolute Gasteiger partial charge is 0.416 e. The number of anilines is 2. The van der Waals surface area contributed by atoms with Gasteiger partial charge in [0.15, 0.2) is 5.76 Å². The summed E-state index contributed by atoms with van der Waals surface area (Å²) in [6, 6.07) is 6.28. The van der Waals surface area contributed by atoms with Gasteiger partial charge in [0.25, 0.3) is 5.91 Å². The maximum Gasteiger partial charge on any atom is 0.416 e. The van der Waals surface area contributed by atoms with Gasteiger partial charge >= 0.3 is 6.18 Å². The van der Waals surface area contributed by atoms with Crippen LogP contribution in [0, 0.1) is 0 Å². The van der Waals surface area contributed by atoms with Crippen LogP contribution in [0.25, 0.3) is 0 Å². The number of nitrogens with one attached hydrogen (secondary N) is 2. The fraction of sp³-hybridized carbons (Fsp3) is 0.333. The summed E-state index contributed by atoms with van der Waals surface area (Å²) < 4.78 is 43.7. The summed E-state index contributed by atoms with van der Waals surface area (Å²) in [6.07, 6.45) is -2.75. The largest absolute Gasteiger partial charge is 0.459 e. The molecule has 2 N–H and O–H groups in total. The van der Waals surface area contributed by atoms with Crippen LogP contribution in [0.4, 0.5) is 24.5 Å². The summed E-state index contributed by atoms with van der Waals surface area (Å²) in [6.45, 7) is 0.232. The molecule has 1 aromatic heterocycles. The lowest BCUT2D eigenvalue weighted by atomic mass is 10.1. The van der Waals surface area contributed by atoms with E-state index >= 15 is 0 Å². The second-order valence-corrected chi connectivity index (χ2v) is 6.01. The fourth-order valence-electron chi connectivity index (χ4n) is 2.36. The molecule has 2 rings (SSSR count). The van der Waals surface area contributed by atoms with Gasteiger partial charge in [0.2, 0.25) is 5.91 Å². The van der Waals surface area contributed by atoms with Crippen LogP contribution in [0.5, 0.6) is 0 Å². The van der Waals surface area contributed by atoms with Crippen molar-refractivity contribution in [3.63, 3.8) is 0 Å². The predicted octanol–water partition coefficient (Wildman–Crippen LogP) is 3.51. The summed E-state index contributed by atoms with van der Waals surface area (Å²) in [5.41, 5.74) is -0.295. The van der Waals surface area contributed by atoms with Gasteiger partial charge in [0.05, 0.1) is 23.2 Å². The van der Waals surface area contributed by atoms with E-state index in [1.54, 1.807) is 25.1 Å². The maximum absolute atomic E-state index is 12.9. The molecular formula is C18H20F3N3O3. The van der Waals surface area contributed by atoms with Crippen molar-refractivity contribution in [3.05, 3.63) is 47.9 Å². The van der Waals surface area contributed by atoms with Crippen LogP contribution in [0.3, 0.4) is 0 Å². The zero-order valence-electron chi connectivity index (χ0n) is 14.9. The van der Waals surface area contributed by atoms with Gasteiger partial charge in [-0.3, -0.25) is 9.59 Å². The Morgan fingerprint density at radius 3 is 2.52 bits per heavy atom. The lowest BCUT2D eigenvalue weighted by Crippen LogP contribution is -2.25. The SMILES string of the molecule is CN(C)c1ccc(C(F)(F)F)cc1NC(=O)CCCNC(=O)c1ccco1. The molecule has 1 heterocycles. The van der Waals surface area contributed by atoms with E-state index in [-0.39, 0.29) is 24.4 Å². The lowest BCUT2D eigenvalue weighted by Gasteiger charge is -2.19. The number of nitrogens with zero attached hydrogens (tertiary/aromatic N) is 1. The highest BCUT2D eigenvalue weighted by atomic mass is 19.4. The first-order chi connectivity index (χ1) is 12.7. The van der Waals surface area contributed by atoms with Crippen LogP contribution in [0.2, 0.25) is 0 Å². The lowest BCUT2D eigenvalue weighted by molar-refractivity contribution is -0.137. The molecule has 0 radical (unpaired) electrons. The Bertz CT molecular complexity index is 787. The number of rotatable bonds is 7. The summed E-state index contributed by atoms with van der Waals surface area (Å²) in [5, 5.41) is 5.10. The molecule has 9 heteroatoms. The number of amides is 2. The normalized spacial score (nSPS) is 11.1. The molecule has 0 saturated heterocycles. The van der Waals surface area contributed by atoms with Crippen molar-refractivity contribution in [1.82, 2.24) is 5.32 Å². The Morgan fingerprint density at radius 1 is 1.19 bits per heavy atom. The van der Waals surface area contributed by atoms with Crippen molar-refractivity contribution in [2.75, 3.05) is 30.9 Å². The molecule has 146 valence electrons. The highest BCUT2D eigenvalue weighted by molar-refractivity contribution is 5.94. The molecule has 2 aromatic rings. The van der Waals surface area contributed by atoms with Crippen LogP contribution in [-0.2, 0) is 11.0 Å². The quantitative estimate of drug-likeness (QED) is 0.718. The summed E-state index contributed by atoms with van der Waals surface area (Å²) in [7, 11) is 3.34. The minimum absolute atomic E-state index is 0.0432. The van der Waals surface area contributed by atoms with Crippen molar-refractivity contribution >= 4 is 23.2 Å². The van der Waals surface area contributed by atoms with Crippen molar-refractivity contribution in [2.45, 2.75) is 19.0 Å². The fourth-order valence-corrected chi connectivity index (χ4v) is 2.36. The first-order valence-corrected chi connectivity index (χ1v) is 8.18. The van der Waals surface area contributed by atoms with Gasteiger partial charge in [-0.05, 0) is 36.8 Å². The van der Waals surface area contributed by atoms with Gasteiger partial charge in [0.1, 0.15) is 0 Å². The van der Waals surface area contributed by atoms with E-state index in [9.17, 15) is 22.8 Å². The molecule has 1 aromatic carbocycles. The topological polar surface area (TPSA) is 74.6 Å². The van der Waals surface area contributed by atoms with Gasteiger partial charge in [-0.1, -0.05) is 0 Å². The average molecular weight is 383 g/mol. The van der Waals surface area contributed by atoms with Gasteiger partial charge in [-0.25, -0.2) is 0 Å². The zero-order chi connectivity index (χ0) is 20.0. The molecule has 0 atom stereocenters. The molecule has 2 amide bonds. The van der Waals surface area contributed by atoms with E-state index < -0.39 is 23.6 Å². The number of halogens is 3. The highest BCUT2D eigenvalue weighted by Crippen LogP contribution is 2.34. The molecule has 0 bridgehead atoms. The standard InChI is InChI=1S/C18H20F3N3O3/c1-24(2)14-8-7-12(18(19,20)21)11-13(14)23-16(25)6-3-9-22-17(26)15-5-4-10-27-15/h4-5,7-8,10-11H,3,6,9H2,1-2H3,(H,22,26)(H,23,25). The minimum atomic E-state index is -4.50. The highest BCUT2D eigenvalue weighted by Gasteiger charge is 2.31. The van der Waals surface area contributed by atoms with Crippen molar-refractivity contribution < 1.29 is 27.2 Å². The van der Waals surface area contributed by atoms with E-state index in [2.05, 4.69) is 10.6 Å². The molecule has 0 aliphatic rings. The van der Waals surface area contributed by atoms with Gasteiger partial charge in [-0.2, -0.15) is 13.2 Å². The van der Waals surface area contributed by atoms with E-state index in [1.807, 2.05) is 0 Å². The van der Waals surface area contributed by atoms with E-state index in [0.29, 0.717) is 12.1 Å². The van der Waals surface area contributed by atoms with Gasteiger partial charge in [-0.15, -0.1) is 0 Å². The molecule has 0 fully saturated rings. The molecule has 0 saturated carbocycles. The molecule has 0 unspecified atom stereocenters. The third-order valence-electron chi connectivity index (χ3n) is 3.69. The van der Waals surface area contributed by atoms with Crippen LogP contribution in [0.1, 0.15) is 29.0 Å². The van der Waals surface area contributed by atoms with E-state index in [0.717, 1.165) is 12.1 Å². The molecule has 0 spiro atoms. The predicted molar refractivity (Wildman–Crippen MR) is 94.7 cm³/mol. The summed E-state index contributed by atoms with van der Waals surface area (Å²) >= 11 is 0. The molecule has 6 nitrogen and oxygen atoms in total. The van der Waals surface area contributed by atoms with E-state index in [1.165, 1.54) is 18.4 Å². The number of hydrogen-bond donors (Lipinski definition) is 2. The van der Waals surface area contributed by atoms with Gasteiger partial charge < -0.3 is 20.0 Å². The van der Waals surface area contributed by atoms with Crippen LogP contribution >= 0.6 is 0 Å². The monoisotopic (exact) mass is 383 g/mol. The summed E-state index contributed by atoms with van der Waals surface area (Å²) in [5.74, 6) is -0.670. The Kier molecular flexibility index (Phi) is 6.49. The summed E-state index contributed by atoms with van der Waals surface area (Å²) in [4.78, 5) is 25.4. The van der Waals surface area contributed by atoms with Crippen LogP contribution in [-0.4, -0.2) is 32.5 Å². The first-order valence-electron chi connectivity index (χ1n) is 8.18. The Balaban J connectivity index is 1.91. The van der Waals surface area contributed by atoms with Crippen molar-refractivity contribution in [3.8, 4) is 0 Å². The Morgan fingerprint density at radius 2 is 1.93 bits per heavy atom. The Hall–Kier alpha value is -2.97. The zero-order valence-corrected chi connectivity index (χ0v) is 14.9. The number of hydrogen-bond acceptors (Lipinski definition) is 4. The second kappa shape index (κ2) is 8.61. The number of benzene rings is 1. The molecular weight excluding hydrogens is 363 g/mol. The van der Waals surface area contributed by atoms with E-state index in [4.69, 9.17) is 4.42 Å². The Labute approximate surface area is 154 Å². The molecule has 0 aliphatic heterocycles. The third kappa shape index (κ3) is 5.77. The van der Waals surface area contributed by atoms with Gasteiger partial charge in [0, 0.05) is 27.1 Å². The van der Waals surface area contributed by atoms with Crippen molar-refractivity contribution in [1.29, 1.82) is 0 Å². The average Bonchev–Trinajstić information content (AvgIpc) is 3.12. The number of carbonyl (C=O) groups excluding carboxylic acids is 2. The maximum atomic E-state index is 12.9. The number of furan rings is 1. The van der Waals surface area contributed by atoms with Crippen LogP contribution in [0.15, 0.2) is 41.0 Å². The third-order valence-corrected chi connectivity index (χ3v) is 3.69.